The summed E-state index contributed by atoms with van der Waals surface area (Å²) < 4.78 is 5.93. The van der Waals surface area contributed by atoms with Gasteiger partial charge in [0.15, 0.2) is 10.8 Å². The molecule has 0 radical (unpaired) electrons. The van der Waals surface area contributed by atoms with Gasteiger partial charge in [0, 0.05) is 30.9 Å². The Balaban J connectivity index is 1.21. The molecule has 0 atom stereocenters. The number of thiazole rings is 1. The second-order valence-corrected chi connectivity index (χ2v) is 9.33. The molecular formula is C22H24N6OS. The number of pyridine rings is 1. The van der Waals surface area contributed by atoms with Crippen LogP contribution in [0, 0.1) is 0 Å². The number of likely N-dealkylation sites (tertiary alicyclic amines) is 1. The number of hydrogen-bond donors (Lipinski definition) is 0. The van der Waals surface area contributed by atoms with Gasteiger partial charge in [0.2, 0.25) is 0 Å². The minimum atomic E-state index is 0.751. The zero-order valence-corrected chi connectivity index (χ0v) is 17.6. The highest BCUT2D eigenvalue weighted by Crippen LogP contribution is 2.33. The third-order valence-corrected chi connectivity index (χ3v) is 7.52. The standard InChI is InChI=1S/C22H24N6OS/c1-2-8-27(9-3-1)17-6-10-28(11-7-17)22-24-21-20(30-22)13-16(14-23-21)15-4-5-18-19(12-15)26-29-25-18/h4-5,12-14,17H,1-3,6-11H2. The average Bonchev–Trinajstić information content (AvgIpc) is 3.45. The van der Waals surface area contributed by atoms with Crippen molar-refractivity contribution in [3.8, 4) is 11.1 Å². The summed E-state index contributed by atoms with van der Waals surface area (Å²) in [6, 6.07) is 8.88. The predicted octanol–water partition coefficient (Wildman–Crippen LogP) is 4.35. The molecule has 5 heterocycles. The van der Waals surface area contributed by atoms with E-state index < -0.39 is 0 Å². The first-order valence-corrected chi connectivity index (χ1v) is 11.6. The fourth-order valence-corrected chi connectivity index (χ4v) is 5.78. The first kappa shape index (κ1) is 18.2. The normalized spacial score (nSPS) is 19.1. The largest absolute Gasteiger partial charge is 0.348 e. The summed E-state index contributed by atoms with van der Waals surface area (Å²) in [5, 5.41) is 8.92. The van der Waals surface area contributed by atoms with Crippen LogP contribution in [0.1, 0.15) is 32.1 Å². The number of rotatable bonds is 3. The lowest BCUT2D eigenvalue weighted by Crippen LogP contribution is -2.46. The Bertz CT molecular complexity index is 1170. The van der Waals surface area contributed by atoms with Crippen molar-refractivity contribution >= 4 is 37.8 Å². The minimum absolute atomic E-state index is 0.751. The molecule has 4 aromatic rings. The molecule has 30 heavy (non-hydrogen) atoms. The van der Waals surface area contributed by atoms with Crippen molar-refractivity contribution in [2.75, 3.05) is 31.1 Å². The van der Waals surface area contributed by atoms with E-state index in [1.54, 1.807) is 11.3 Å². The summed E-state index contributed by atoms with van der Waals surface area (Å²) in [5.41, 5.74) is 4.48. The van der Waals surface area contributed by atoms with Crippen LogP contribution in [0.3, 0.4) is 0 Å². The van der Waals surface area contributed by atoms with E-state index in [1.165, 1.54) is 45.2 Å². The molecule has 2 aliphatic rings. The van der Waals surface area contributed by atoms with E-state index in [0.717, 1.165) is 56.8 Å². The first-order valence-electron chi connectivity index (χ1n) is 10.8. The van der Waals surface area contributed by atoms with E-state index >= 15 is 0 Å². The molecule has 2 fully saturated rings. The Hall–Kier alpha value is -2.58. The SMILES string of the molecule is c1cc2nonc2cc1-c1cnc2nc(N3CCC(N4CCCCC4)CC3)sc2c1. The van der Waals surface area contributed by atoms with Crippen LogP contribution in [-0.2, 0) is 0 Å². The number of fused-ring (bicyclic) bond motifs is 2. The number of benzene rings is 1. The topological polar surface area (TPSA) is 71.2 Å². The monoisotopic (exact) mass is 420 g/mol. The van der Waals surface area contributed by atoms with Crippen molar-refractivity contribution in [3.05, 3.63) is 30.5 Å². The maximum atomic E-state index is 4.83. The molecule has 154 valence electrons. The number of nitrogens with zero attached hydrogens (tertiary/aromatic N) is 6. The molecule has 2 saturated heterocycles. The Morgan fingerprint density at radius 1 is 0.900 bits per heavy atom. The van der Waals surface area contributed by atoms with Crippen LogP contribution in [0.4, 0.5) is 5.13 Å². The highest BCUT2D eigenvalue weighted by atomic mass is 32.1. The van der Waals surface area contributed by atoms with Crippen molar-refractivity contribution < 1.29 is 4.63 Å². The van der Waals surface area contributed by atoms with Crippen LogP contribution in [-0.4, -0.2) is 57.4 Å². The lowest BCUT2D eigenvalue weighted by Gasteiger charge is -2.40. The highest BCUT2D eigenvalue weighted by Gasteiger charge is 2.27. The third kappa shape index (κ3) is 3.33. The molecular weight excluding hydrogens is 396 g/mol. The van der Waals surface area contributed by atoms with E-state index in [-0.39, 0.29) is 0 Å². The summed E-state index contributed by atoms with van der Waals surface area (Å²) in [6.45, 7) is 4.75. The zero-order valence-electron chi connectivity index (χ0n) is 16.8. The maximum absolute atomic E-state index is 4.83. The van der Waals surface area contributed by atoms with Crippen molar-refractivity contribution in [3.63, 3.8) is 0 Å². The molecule has 0 spiro atoms. The van der Waals surface area contributed by atoms with Gasteiger partial charge in [-0.2, -0.15) is 4.98 Å². The van der Waals surface area contributed by atoms with Gasteiger partial charge in [-0.15, -0.1) is 0 Å². The second kappa shape index (κ2) is 7.59. The fourth-order valence-electron chi connectivity index (χ4n) is 4.77. The number of anilines is 1. The van der Waals surface area contributed by atoms with Crippen LogP contribution in [0.25, 0.3) is 32.5 Å². The van der Waals surface area contributed by atoms with Gasteiger partial charge in [-0.05, 0) is 72.8 Å². The summed E-state index contributed by atoms with van der Waals surface area (Å²) >= 11 is 1.75. The molecule has 0 N–H and O–H groups in total. The molecule has 0 bridgehead atoms. The van der Waals surface area contributed by atoms with Gasteiger partial charge < -0.3 is 9.80 Å². The first-order chi connectivity index (χ1) is 14.8. The summed E-state index contributed by atoms with van der Waals surface area (Å²) in [4.78, 5) is 14.6. The fraction of sp³-hybridized carbons (Fsp3) is 0.455. The summed E-state index contributed by atoms with van der Waals surface area (Å²) in [5.74, 6) is 0. The van der Waals surface area contributed by atoms with Crippen molar-refractivity contribution in [2.45, 2.75) is 38.1 Å². The molecule has 2 aliphatic heterocycles. The lowest BCUT2D eigenvalue weighted by atomic mass is 10.0. The molecule has 0 aliphatic carbocycles. The van der Waals surface area contributed by atoms with E-state index in [0.29, 0.717) is 0 Å². The van der Waals surface area contributed by atoms with E-state index in [4.69, 9.17) is 9.61 Å². The van der Waals surface area contributed by atoms with Gasteiger partial charge in [0.05, 0.1) is 4.70 Å². The van der Waals surface area contributed by atoms with Gasteiger partial charge in [-0.3, -0.25) is 0 Å². The maximum Gasteiger partial charge on any atom is 0.188 e. The zero-order chi connectivity index (χ0) is 19.9. The van der Waals surface area contributed by atoms with Gasteiger partial charge in [0.25, 0.3) is 0 Å². The molecule has 1 aromatic carbocycles. The van der Waals surface area contributed by atoms with Crippen molar-refractivity contribution in [2.24, 2.45) is 0 Å². The molecule has 0 saturated carbocycles. The minimum Gasteiger partial charge on any atom is -0.348 e. The van der Waals surface area contributed by atoms with Crippen LogP contribution in [0.5, 0.6) is 0 Å². The molecule has 0 amide bonds. The molecule has 8 heteroatoms. The number of aromatic nitrogens is 4. The molecule has 6 rings (SSSR count). The molecule has 3 aromatic heterocycles. The average molecular weight is 421 g/mol. The Labute approximate surface area is 178 Å². The number of piperidine rings is 2. The molecule has 7 nitrogen and oxygen atoms in total. The van der Waals surface area contributed by atoms with Crippen LogP contribution >= 0.6 is 11.3 Å². The van der Waals surface area contributed by atoms with Crippen molar-refractivity contribution in [1.29, 1.82) is 0 Å². The van der Waals surface area contributed by atoms with Crippen LogP contribution < -0.4 is 4.90 Å². The van der Waals surface area contributed by atoms with Gasteiger partial charge in [-0.25, -0.2) is 9.61 Å². The number of hydrogen-bond acceptors (Lipinski definition) is 8. The second-order valence-electron chi connectivity index (χ2n) is 8.32. The van der Waals surface area contributed by atoms with E-state index in [1.807, 2.05) is 24.4 Å². The van der Waals surface area contributed by atoms with Gasteiger partial charge in [-0.1, -0.05) is 23.8 Å². The Kier molecular flexibility index (Phi) is 4.61. The van der Waals surface area contributed by atoms with E-state index in [9.17, 15) is 0 Å². The van der Waals surface area contributed by atoms with E-state index in [2.05, 4.69) is 31.2 Å². The summed E-state index contributed by atoms with van der Waals surface area (Å²) in [7, 11) is 0. The van der Waals surface area contributed by atoms with Gasteiger partial charge >= 0.3 is 0 Å². The Morgan fingerprint density at radius 2 is 1.73 bits per heavy atom. The summed E-state index contributed by atoms with van der Waals surface area (Å²) in [6.07, 6.45) is 8.50. The van der Waals surface area contributed by atoms with Gasteiger partial charge in [0.1, 0.15) is 11.0 Å². The predicted molar refractivity (Wildman–Crippen MR) is 119 cm³/mol. The molecule has 0 unspecified atom stereocenters. The van der Waals surface area contributed by atoms with Crippen molar-refractivity contribution in [1.82, 2.24) is 25.2 Å². The smallest absolute Gasteiger partial charge is 0.188 e. The third-order valence-electron chi connectivity index (χ3n) is 6.46. The van der Waals surface area contributed by atoms with Crippen LogP contribution in [0.2, 0.25) is 0 Å². The highest BCUT2D eigenvalue weighted by molar-refractivity contribution is 7.22. The van der Waals surface area contributed by atoms with Crippen LogP contribution in [0.15, 0.2) is 35.1 Å². The lowest BCUT2D eigenvalue weighted by molar-refractivity contribution is 0.141. The quantitative estimate of drug-likeness (QED) is 0.488. The Morgan fingerprint density at radius 3 is 2.60 bits per heavy atom.